The fourth-order valence-corrected chi connectivity index (χ4v) is 3.02. The van der Waals surface area contributed by atoms with E-state index in [9.17, 15) is 4.79 Å². The molecule has 0 spiro atoms. The summed E-state index contributed by atoms with van der Waals surface area (Å²) in [5.41, 5.74) is 4.01. The molecule has 0 aliphatic rings. The summed E-state index contributed by atoms with van der Waals surface area (Å²) in [6.07, 6.45) is 3.47. The van der Waals surface area contributed by atoms with Gasteiger partial charge in [0.05, 0.1) is 25.3 Å². The molecule has 0 unspecified atom stereocenters. The molecule has 1 amide bonds. The van der Waals surface area contributed by atoms with Crippen LogP contribution in [0.15, 0.2) is 55.1 Å². The number of likely N-dealkylation sites (N-methyl/N-ethyl adjacent to an activating group) is 1. The molecule has 1 aromatic heterocycles. The number of aryl methyl sites for hydroxylation is 1. The average Bonchev–Trinajstić information content (AvgIpc) is 3.22. The number of carbonyl (C=O) groups is 1. The van der Waals surface area contributed by atoms with Crippen LogP contribution >= 0.6 is 0 Å². The summed E-state index contributed by atoms with van der Waals surface area (Å²) in [4.78, 5) is 18.5. The highest BCUT2D eigenvalue weighted by Gasteiger charge is 2.19. The van der Waals surface area contributed by atoms with Gasteiger partial charge in [-0.05, 0) is 37.6 Å². The molecule has 0 aliphatic heterocycles. The minimum Gasteiger partial charge on any atom is -0.496 e. The van der Waals surface area contributed by atoms with Gasteiger partial charge in [0, 0.05) is 12.6 Å². The molecule has 0 fully saturated rings. The van der Waals surface area contributed by atoms with Crippen LogP contribution in [0, 0.1) is 6.92 Å². The monoisotopic (exact) mass is 364 g/mol. The number of nitrogens with zero attached hydrogens (tertiary/aromatic N) is 4. The molecule has 140 valence electrons. The highest BCUT2D eigenvalue weighted by Crippen LogP contribution is 2.24. The van der Waals surface area contributed by atoms with Crippen molar-refractivity contribution in [1.82, 2.24) is 19.7 Å². The summed E-state index contributed by atoms with van der Waals surface area (Å²) in [5.74, 6) is 0.791. The van der Waals surface area contributed by atoms with Crippen molar-refractivity contribution in [2.24, 2.45) is 0 Å². The molecule has 6 nitrogen and oxygen atoms in total. The molecule has 1 heterocycles. The van der Waals surface area contributed by atoms with Gasteiger partial charge in [0.25, 0.3) is 0 Å². The quantitative estimate of drug-likeness (QED) is 0.673. The van der Waals surface area contributed by atoms with Gasteiger partial charge in [-0.25, -0.2) is 9.67 Å². The third kappa shape index (κ3) is 4.16. The fraction of sp³-hybridized carbons (Fsp3) is 0.286. The zero-order valence-corrected chi connectivity index (χ0v) is 16.1. The van der Waals surface area contributed by atoms with E-state index in [4.69, 9.17) is 4.74 Å². The van der Waals surface area contributed by atoms with Gasteiger partial charge in [-0.15, -0.1) is 0 Å². The minimum absolute atomic E-state index is 0.0434. The molecule has 0 aliphatic carbocycles. The van der Waals surface area contributed by atoms with Crippen LogP contribution in [-0.2, 0) is 11.2 Å². The van der Waals surface area contributed by atoms with Crippen molar-refractivity contribution in [3.8, 4) is 11.4 Å². The number of carbonyl (C=O) groups excluding carboxylic acids is 1. The first-order valence-electron chi connectivity index (χ1n) is 8.83. The van der Waals surface area contributed by atoms with Gasteiger partial charge in [-0.2, -0.15) is 5.10 Å². The van der Waals surface area contributed by atoms with E-state index < -0.39 is 0 Å². The lowest BCUT2D eigenvalue weighted by Crippen LogP contribution is -2.31. The van der Waals surface area contributed by atoms with Crippen LogP contribution in [-0.4, -0.2) is 39.7 Å². The van der Waals surface area contributed by atoms with E-state index in [2.05, 4.69) is 10.1 Å². The van der Waals surface area contributed by atoms with Crippen molar-refractivity contribution >= 4 is 5.91 Å². The van der Waals surface area contributed by atoms with Crippen LogP contribution < -0.4 is 4.74 Å². The zero-order valence-electron chi connectivity index (χ0n) is 16.1. The lowest BCUT2D eigenvalue weighted by molar-refractivity contribution is -0.131. The van der Waals surface area contributed by atoms with Gasteiger partial charge in [-0.3, -0.25) is 4.79 Å². The van der Waals surface area contributed by atoms with Crippen molar-refractivity contribution in [2.45, 2.75) is 26.3 Å². The summed E-state index contributed by atoms with van der Waals surface area (Å²) in [6, 6.07) is 13.8. The SMILES string of the molecule is COc1ccc(C)cc1CC(=O)N(C)[C@@H](C)c1ccc(-n2cncn2)cc1. The smallest absolute Gasteiger partial charge is 0.227 e. The number of aromatic nitrogens is 3. The number of hydrogen-bond donors (Lipinski definition) is 0. The van der Waals surface area contributed by atoms with Gasteiger partial charge in [0.1, 0.15) is 18.4 Å². The zero-order chi connectivity index (χ0) is 19.4. The summed E-state index contributed by atoms with van der Waals surface area (Å²) in [6.45, 7) is 4.03. The maximum absolute atomic E-state index is 12.8. The average molecular weight is 364 g/mol. The molecule has 6 heteroatoms. The van der Waals surface area contributed by atoms with Gasteiger partial charge in [-0.1, -0.05) is 29.8 Å². The van der Waals surface area contributed by atoms with Crippen LogP contribution in [0.5, 0.6) is 5.75 Å². The van der Waals surface area contributed by atoms with Crippen LogP contribution in [0.1, 0.15) is 29.7 Å². The Bertz CT molecular complexity index is 904. The first kappa shape index (κ1) is 18.6. The molecule has 27 heavy (non-hydrogen) atoms. The van der Waals surface area contributed by atoms with Crippen molar-refractivity contribution in [3.05, 3.63) is 71.8 Å². The van der Waals surface area contributed by atoms with Gasteiger partial charge >= 0.3 is 0 Å². The summed E-state index contributed by atoms with van der Waals surface area (Å²) < 4.78 is 7.09. The number of methoxy groups -OCH3 is 1. The van der Waals surface area contributed by atoms with Gasteiger partial charge in [0.2, 0.25) is 5.91 Å². The summed E-state index contributed by atoms with van der Waals surface area (Å²) >= 11 is 0. The van der Waals surface area contributed by atoms with Crippen LogP contribution in [0.4, 0.5) is 0 Å². The van der Waals surface area contributed by atoms with Crippen LogP contribution in [0.25, 0.3) is 5.69 Å². The van der Waals surface area contributed by atoms with E-state index in [-0.39, 0.29) is 11.9 Å². The van der Waals surface area contributed by atoms with E-state index in [1.807, 2.05) is 63.4 Å². The van der Waals surface area contributed by atoms with E-state index in [0.29, 0.717) is 6.42 Å². The maximum Gasteiger partial charge on any atom is 0.227 e. The number of ether oxygens (including phenoxy) is 1. The first-order valence-corrected chi connectivity index (χ1v) is 8.83. The second kappa shape index (κ2) is 8.03. The van der Waals surface area contributed by atoms with E-state index in [1.165, 1.54) is 6.33 Å². The maximum atomic E-state index is 12.8. The standard InChI is InChI=1S/C21H24N4O2/c1-15-5-10-20(27-4)18(11-15)12-21(26)24(3)16(2)17-6-8-19(9-7-17)25-14-22-13-23-25/h5-11,13-14,16H,12H2,1-4H3/t16-/m0/s1. The predicted octanol–water partition coefficient (Wildman–Crippen LogP) is 3.35. The Hall–Kier alpha value is -3.15. The highest BCUT2D eigenvalue weighted by atomic mass is 16.5. The first-order chi connectivity index (χ1) is 13.0. The van der Waals surface area contributed by atoms with Gasteiger partial charge in [0.15, 0.2) is 0 Å². The lowest BCUT2D eigenvalue weighted by atomic mass is 10.0. The highest BCUT2D eigenvalue weighted by molar-refractivity contribution is 5.79. The Labute approximate surface area is 159 Å². The Morgan fingerprint density at radius 3 is 2.59 bits per heavy atom. The number of hydrogen-bond acceptors (Lipinski definition) is 4. The Kier molecular flexibility index (Phi) is 5.54. The molecular weight excluding hydrogens is 340 g/mol. The summed E-state index contributed by atoms with van der Waals surface area (Å²) in [7, 11) is 3.46. The number of amides is 1. The van der Waals surface area contributed by atoms with E-state index >= 15 is 0 Å². The Balaban J connectivity index is 1.72. The van der Waals surface area contributed by atoms with E-state index in [1.54, 1.807) is 23.0 Å². The topological polar surface area (TPSA) is 60.2 Å². The normalized spacial score (nSPS) is 11.9. The lowest BCUT2D eigenvalue weighted by Gasteiger charge is -2.26. The third-order valence-corrected chi connectivity index (χ3v) is 4.81. The molecular formula is C21H24N4O2. The molecule has 3 rings (SSSR count). The molecule has 0 bridgehead atoms. The molecule has 0 N–H and O–H groups in total. The van der Waals surface area contributed by atoms with E-state index in [0.717, 1.165) is 28.1 Å². The Morgan fingerprint density at radius 2 is 1.96 bits per heavy atom. The van der Waals surface area contributed by atoms with Gasteiger partial charge < -0.3 is 9.64 Å². The summed E-state index contributed by atoms with van der Waals surface area (Å²) in [5, 5.41) is 4.12. The molecule has 3 aromatic rings. The largest absolute Gasteiger partial charge is 0.496 e. The van der Waals surface area contributed by atoms with Crippen LogP contribution in [0.3, 0.4) is 0 Å². The van der Waals surface area contributed by atoms with Crippen molar-refractivity contribution < 1.29 is 9.53 Å². The van der Waals surface area contributed by atoms with Crippen LogP contribution in [0.2, 0.25) is 0 Å². The van der Waals surface area contributed by atoms with Crippen molar-refractivity contribution in [2.75, 3.05) is 14.2 Å². The molecule has 0 saturated heterocycles. The molecule has 0 radical (unpaired) electrons. The number of rotatable bonds is 6. The third-order valence-electron chi connectivity index (χ3n) is 4.81. The van der Waals surface area contributed by atoms with Crippen molar-refractivity contribution in [1.29, 1.82) is 0 Å². The minimum atomic E-state index is -0.0434. The Morgan fingerprint density at radius 1 is 1.22 bits per heavy atom. The number of benzene rings is 2. The fourth-order valence-electron chi connectivity index (χ4n) is 3.02. The molecule has 2 aromatic carbocycles. The molecule has 1 atom stereocenters. The molecule has 0 saturated carbocycles. The van der Waals surface area contributed by atoms with Crippen molar-refractivity contribution in [3.63, 3.8) is 0 Å². The predicted molar refractivity (Wildman–Crippen MR) is 104 cm³/mol. The second-order valence-corrected chi connectivity index (χ2v) is 6.60. The second-order valence-electron chi connectivity index (χ2n) is 6.60.